The van der Waals surface area contributed by atoms with Crippen LogP contribution in [0.3, 0.4) is 0 Å². The lowest BCUT2D eigenvalue weighted by Crippen LogP contribution is -2.75. The second kappa shape index (κ2) is 14.2. The zero-order valence-electron chi connectivity index (χ0n) is 31.7. The van der Waals surface area contributed by atoms with E-state index in [1.165, 1.54) is 13.8 Å². The number of aliphatic hydroxyl groups is 6. The minimum Gasteiger partial charge on any atom is -0.462 e. The van der Waals surface area contributed by atoms with Gasteiger partial charge < -0.3 is 59.1 Å². The SMILES string of the molecule is CC(=O)OC1C(Cl)CC2(O)C3OC3C3C4CC(=O)C(C(C)C5CC(C)=C(COC6OC(CO)C(O)C(O)C6O)C(=O)O5)C4(C)C(OC(C)=O)CC3C2(C)C1O. The Bertz CT molecular complexity index is 1620. The van der Waals surface area contributed by atoms with Crippen molar-refractivity contribution in [2.45, 2.75) is 146 Å². The zero-order valence-corrected chi connectivity index (χ0v) is 32.5. The van der Waals surface area contributed by atoms with E-state index in [2.05, 4.69) is 0 Å². The van der Waals surface area contributed by atoms with Gasteiger partial charge in [-0.1, -0.05) is 26.3 Å². The van der Waals surface area contributed by atoms with Crippen LogP contribution in [-0.4, -0.2) is 146 Å². The van der Waals surface area contributed by atoms with Crippen LogP contribution in [0.4, 0.5) is 0 Å². The van der Waals surface area contributed by atoms with Gasteiger partial charge in [-0.15, -0.1) is 11.6 Å². The van der Waals surface area contributed by atoms with E-state index in [0.29, 0.717) is 5.57 Å². The van der Waals surface area contributed by atoms with Gasteiger partial charge in [-0.3, -0.25) is 14.4 Å². The number of Topliss-reactive ketones (excluding diaryl/α,β-unsaturated/α-hetero) is 1. The van der Waals surface area contributed by atoms with Crippen molar-refractivity contribution in [3.05, 3.63) is 11.1 Å². The fourth-order valence-electron chi connectivity index (χ4n) is 11.8. The van der Waals surface area contributed by atoms with Gasteiger partial charge in [-0.05, 0) is 37.5 Å². The van der Waals surface area contributed by atoms with Crippen LogP contribution in [0.1, 0.15) is 67.2 Å². The van der Waals surface area contributed by atoms with Crippen LogP contribution in [0, 0.1) is 40.4 Å². The lowest BCUT2D eigenvalue weighted by molar-refractivity contribution is -0.299. The maximum Gasteiger partial charge on any atom is 0.336 e. The second-order valence-electron chi connectivity index (χ2n) is 17.4. The first-order valence-electron chi connectivity index (χ1n) is 19.1. The number of ether oxygens (including phenoxy) is 6. The molecule has 3 heterocycles. The van der Waals surface area contributed by atoms with E-state index < -0.39 is 137 Å². The Morgan fingerprint density at radius 2 is 1.65 bits per heavy atom. The van der Waals surface area contributed by atoms with Crippen LogP contribution in [0.15, 0.2) is 11.1 Å². The molecule has 6 fully saturated rings. The van der Waals surface area contributed by atoms with Crippen LogP contribution in [0.2, 0.25) is 0 Å². The Morgan fingerprint density at radius 3 is 2.27 bits per heavy atom. The molecule has 0 spiro atoms. The second-order valence-corrected chi connectivity index (χ2v) is 17.9. The summed E-state index contributed by atoms with van der Waals surface area (Å²) in [5.74, 6) is -4.60. The Hall–Kier alpha value is -2.25. The Balaban J connectivity index is 1.15. The molecule has 0 aromatic rings. The highest BCUT2D eigenvalue weighted by molar-refractivity contribution is 6.21. The van der Waals surface area contributed by atoms with Crippen LogP contribution < -0.4 is 0 Å². The molecule has 17 heteroatoms. The maximum absolute atomic E-state index is 14.4. The molecule has 0 bridgehead atoms. The number of fused-ring (bicyclic) bond motifs is 8. The molecule has 7 aliphatic rings. The molecule has 0 radical (unpaired) electrons. The summed E-state index contributed by atoms with van der Waals surface area (Å²) in [7, 11) is 0. The van der Waals surface area contributed by atoms with Crippen molar-refractivity contribution in [2.24, 2.45) is 40.4 Å². The molecule has 55 heavy (non-hydrogen) atoms. The summed E-state index contributed by atoms with van der Waals surface area (Å²) in [5.41, 5.74) is -3.15. The van der Waals surface area contributed by atoms with E-state index in [9.17, 15) is 49.8 Å². The summed E-state index contributed by atoms with van der Waals surface area (Å²) in [6.07, 6.45) is -12.3. The molecule has 0 aromatic carbocycles. The molecule has 0 aromatic heterocycles. The van der Waals surface area contributed by atoms with E-state index in [-0.39, 0.29) is 49.6 Å². The molecule has 3 aliphatic heterocycles. The fraction of sp³-hybridized carbons (Fsp3) is 0.842. The van der Waals surface area contributed by atoms with Crippen molar-refractivity contribution < 1.29 is 78.2 Å². The van der Waals surface area contributed by atoms with Crippen molar-refractivity contribution in [1.82, 2.24) is 0 Å². The predicted molar refractivity (Wildman–Crippen MR) is 185 cm³/mol. The van der Waals surface area contributed by atoms with Gasteiger partial charge in [0.25, 0.3) is 0 Å². The monoisotopic (exact) mass is 800 g/mol. The van der Waals surface area contributed by atoms with Crippen molar-refractivity contribution in [2.75, 3.05) is 13.2 Å². The summed E-state index contributed by atoms with van der Waals surface area (Å²) in [6.45, 7) is 8.72. The van der Waals surface area contributed by atoms with Crippen molar-refractivity contribution in [1.29, 1.82) is 0 Å². The number of hydrogen-bond donors (Lipinski definition) is 6. The smallest absolute Gasteiger partial charge is 0.336 e. The minimum absolute atomic E-state index is 0.0152. The zero-order chi connectivity index (χ0) is 40.3. The lowest BCUT2D eigenvalue weighted by Gasteiger charge is -2.65. The average molecular weight is 801 g/mol. The van der Waals surface area contributed by atoms with E-state index in [4.69, 9.17) is 40.0 Å². The average Bonchev–Trinajstić information content (AvgIpc) is 3.86. The fourth-order valence-corrected chi connectivity index (χ4v) is 12.2. The summed E-state index contributed by atoms with van der Waals surface area (Å²) in [6, 6.07) is 0. The third-order valence-corrected chi connectivity index (χ3v) is 15.1. The topological polar surface area (TPSA) is 248 Å². The van der Waals surface area contributed by atoms with Gasteiger partial charge in [0.15, 0.2) is 6.29 Å². The number of rotatable bonds is 8. The number of cyclic esters (lactones) is 1. The number of aliphatic hydroxyl groups excluding tert-OH is 5. The molecule has 4 saturated carbocycles. The lowest BCUT2D eigenvalue weighted by atomic mass is 9.41. The van der Waals surface area contributed by atoms with Crippen molar-refractivity contribution in [3.63, 3.8) is 0 Å². The van der Waals surface area contributed by atoms with Crippen molar-refractivity contribution in [3.8, 4) is 0 Å². The van der Waals surface area contributed by atoms with Crippen LogP contribution in [0.25, 0.3) is 0 Å². The normalized spacial score (nSPS) is 50.9. The first-order valence-corrected chi connectivity index (χ1v) is 19.5. The summed E-state index contributed by atoms with van der Waals surface area (Å²) in [5, 5.41) is 63.6. The van der Waals surface area contributed by atoms with Gasteiger partial charge in [-0.25, -0.2) is 4.79 Å². The quantitative estimate of drug-likeness (QED) is 0.0796. The molecular formula is C38H53ClO16. The Kier molecular flexibility index (Phi) is 10.6. The number of ketones is 1. The largest absolute Gasteiger partial charge is 0.462 e. The molecule has 308 valence electrons. The van der Waals surface area contributed by atoms with Crippen LogP contribution in [0.5, 0.6) is 0 Å². The standard InChI is InChI=1S/C38H53ClO16/c1-13-7-22(53-34(48)17(13)12-50-35-29(46)28(45)27(44)23(11-40)54-35)14(2)26-21(43)8-18-25-19(9-24(36(18,26)5)51-15(3)41)37(6)32(47)30(52-16(4)42)20(39)10-38(37,49)33-31(25)55-33/h14,18-20,22-33,35,40,44-47,49H,7-12H2,1-6H3. The molecular weight excluding hydrogens is 748 g/mol. The highest BCUT2D eigenvalue weighted by Gasteiger charge is 2.81. The van der Waals surface area contributed by atoms with Crippen LogP contribution in [-0.2, 0) is 47.6 Å². The van der Waals surface area contributed by atoms with Gasteiger partial charge in [0, 0.05) is 49.4 Å². The molecule has 0 amide bonds. The minimum atomic E-state index is -1.65. The van der Waals surface area contributed by atoms with E-state index in [1.807, 2.05) is 13.8 Å². The van der Waals surface area contributed by atoms with Gasteiger partial charge >= 0.3 is 17.9 Å². The molecule has 4 aliphatic carbocycles. The number of carbonyl (C=O) groups excluding carboxylic acids is 4. The summed E-state index contributed by atoms with van der Waals surface area (Å²) >= 11 is 6.66. The van der Waals surface area contributed by atoms with E-state index in [0.717, 1.165) is 0 Å². The van der Waals surface area contributed by atoms with Crippen molar-refractivity contribution >= 4 is 35.3 Å². The third-order valence-electron chi connectivity index (χ3n) is 14.7. The first-order chi connectivity index (χ1) is 25.7. The number of alkyl halides is 1. The Labute approximate surface area is 323 Å². The third kappa shape index (κ3) is 6.11. The highest BCUT2D eigenvalue weighted by atomic mass is 35.5. The van der Waals surface area contributed by atoms with Crippen LogP contribution >= 0.6 is 11.6 Å². The molecule has 20 atom stereocenters. The number of carbonyl (C=O) groups is 4. The first kappa shape index (κ1) is 40.9. The number of epoxide rings is 1. The Morgan fingerprint density at radius 1 is 0.982 bits per heavy atom. The molecule has 2 saturated heterocycles. The van der Waals surface area contributed by atoms with Gasteiger partial charge in [-0.2, -0.15) is 0 Å². The molecule has 6 N–H and O–H groups in total. The number of hydrogen-bond acceptors (Lipinski definition) is 16. The molecule has 20 unspecified atom stereocenters. The van der Waals surface area contributed by atoms with E-state index in [1.54, 1.807) is 13.8 Å². The van der Waals surface area contributed by atoms with Gasteiger partial charge in [0.05, 0.1) is 30.3 Å². The summed E-state index contributed by atoms with van der Waals surface area (Å²) in [4.78, 5) is 52.8. The van der Waals surface area contributed by atoms with E-state index >= 15 is 0 Å². The van der Waals surface area contributed by atoms with Gasteiger partial charge in [0.1, 0.15) is 66.3 Å². The maximum atomic E-state index is 14.4. The number of esters is 3. The highest BCUT2D eigenvalue weighted by Crippen LogP contribution is 2.73. The number of halogens is 1. The summed E-state index contributed by atoms with van der Waals surface area (Å²) < 4.78 is 34.9. The predicted octanol–water partition coefficient (Wildman–Crippen LogP) is -0.328. The molecule has 7 rings (SSSR count). The molecule has 16 nitrogen and oxygen atoms in total. The van der Waals surface area contributed by atoms with Gasteiger partial charge in [0.2, 0.25) is 0 Å².